The molecule has 2 rings (SSSR count). The fraction of sp³-hybridized carbons (Fsp3) is 0. The van der Waals surface area contributed by atoms with Crippen molar-refractivity contribution in [1.29, 1.82) is 0 Å². The summed E-state index contributed by atoms with van der Waals surface area (Å²) in [5.41, 5.74) is -0.0885. The molecular weight excluding hydrogens is 197 g/mol. The molecule has 0 atom stereocenters. The molecule has 0 radical (unpaired) electrons. The highest BCUT2D eigenvalue weighted by Crippen LogP contribution is 2.29. The molecular formula is C8H3ClFNO2. The fourth-order valence-electron chi connectivity index (χ4n) is 1.17. The van der Waals surface area contributed by atoms with Crippen LogP contribution in [0.15, 0.2) is 12.1 Å². The summed E-state index contributed by atoms with van der Waals surface area (Å²) in [4.78, 5) is 21.9. The lowest BCUT2D eigenvalue weighted by Gasteiger charge is -1.98. The molecule has 1 amide bonds. The molecule has 1 aliphatic heterocycles. The molecule has 0 aliphatic carbocycles. The maximum absolute atomic E-state index is 13.2. The number of nitrogens with one attached hydrogen (secondary N) is 1. The van der Waals surface area contributed by atoms with Gasteiger partial charge in [-0.3, -0.25) is 9.59 Å². The predicted molar refractivity (Wildman–Crippen MR) is 44.4 cm³/mol. The molecule has 0 bridgehead atoms. The van der Waals surface area contributed by atoms with Gasteiger partial charge in [0, 0.05) is 0 Å². The van der Waals surface area contributed by atoms with Crippen molar-refractivity contribution in [2.75, 3.05) is 5.32 Å². The molecule has 5 heteroatoms. The van der Waals surface area contributed by atoms with Crippen molar-refractivity contribution in [3.8, 4) is 0 Å². The van der Waals surface area contributed by atoms with Crippen LogP contribution in [0.3, 0.4) is 0 Å². The minimum Gasteiger partial charge on any atom is -0.318 e. The summed E-state index contributed by atoms with van der Waals surface area (Å²) in [6.45, 7) is 0. The number of hydrogen-bond donors (Lipinski definition) is 1. The van der Waals surface area contributed by atoms with E-state index >= 15 is 0 Å². The zero-order valence-electron chi connectivity index (χ0n) is 6.23. The Kier molecular flexibility index (Phi) is 1.60. The van der Waals surface area contributed by atoms with E-state index in [1.54, 1.807) is 0 Å². The first-order valence-corrected chi connectivity index (χ1v) is 3.82. The van der Waals surface area contributed by atoms with Crippen molar-refractivity contribution in [3.05, 3.63) is 28.5 Å². The molecule has 0 unspecified atom stereocenters. The van der Waals surface area contributed by atoms with E-state index in [9.17, 15) is 14.0 Å². The van der Waals surface area contributed by atoms with E-state index in [4.69, 9.17) is 11.6 Å². The standard InChI is InChI=1S/C8H3ClFNO2/c9-3-1-2-4-5(6(3)10)7(12)8(13)11-4/h1-2H,(H,11,12,13). The van der Waals surface area contributed by atoms with Gasteiger partial charge in [0.05, 0.1) is 16.3 Å². The third kappa shape index (κ3) is 1.02. The van der Waals surface area contributed by atoms with Gasteiger partial charge in [-0.25, -0.2) is 4.39 Å². The number of ketones is 1. The fourth-order valence-corrected chi connectivity index (χ4v) is 1.33. The summed E-state index contributed by atoms with van der Waals surface area (Å²) in [5.74, 6) is -2.55. The second-order valence-electron chi connectivity index (χ2n) is 2.57. The summed E-state index contributed by atoms with van der Waals surface area (Å²) in [5, 5.41) is 2.06. The van der Waals surface area contributed by atoms with E-state index in [1.165, 1.54) is 12.1 Å². The van der Waals surface area contributed by atoms with Crippen LogP contribution in [-0.4, -0.2) is 11.7 Å². The van der Waals surface area contributed by atoms with Crippen LogP contribution in [0.1, 0.15) is 10.4 Å². The van der Waals surface area contributed by atoms with Crippen LogP contribution < -0.4 is 5.32 Å². The van der Waals surface area contributed by atoms with Crippen molar-refractivity contribution in [2.24, 2.45) is 0 Å². The number of carbonyl (C=O) groups is 2. The van der Waals surface area contributed by atoms with Crippen LogP contribution in [-0.2, 0) is 4.79 Å². The van der Waals surface area contributed by atoms with Gasteiger partial charge in [0.25, 0.3) is 11.7 Å². The van der Waals surface area contributed by atoms with E-state index in [2.05, 4.69) is 5.32 Å². The molecule has 0 aromatic heterocycles. The SMILES string of the molecule is O=C1Nc2ccc(Cl)c(F)c2C1=O. The molecule has 1 aliphatic rings. The largest absolute Gasteiger partial charge is 0.318 e. The van der Waals surface area contributed by atoms with Crippen molar-refractivity contribution in [2.45, 2.75) is 0 Å². The highest BCUT2D eigenvalue weighted by molar-refractivity contribution is 6.52. The number of Topliss-reactive ketones (excluding diaryl/α,β-unsaturated/α-hetero) is 1. The summed E-state index contributed by atoms with van der Waals surface area (Å²) in [6.07, 6.45) is 0. The average Bonchev–Trinajstić information content (AvgIpc) is 2.37. The van der Waals surface area contributed by atoms with Gasteiger partial charge in [-0.1, -0.05) is 11.6 Å². The number of fused-ring (bicyclic) bond motifs is 1. The molecule has 0 spiro atoms. The molecule has 1 heterocycles. The van der Waals surface area contributed by atoms with Crippen LogP contribution in [0, 0.1) is 5.82 Å². The smallest absolute Gasteiger partial charge is 0.296 e. The monoisotopic (exact) mass is 199 g/mol. The zero-order valence-corrected chi connectivity index (χ0v) is 6.98. The maximum Gasteiger partial charge on any atom is 0.296 e. The molecule has 13 heavy (non-hydrogen) atoms. The highest BCUT2D eigenvalue weighted by Gasteiger charge is 2.32. The predicted octanol–water partition coefficient (Wildman–Crippen LogP) is 1.61. The summed E-state index contributed by atoms with van der Waals surface area (Å²) >= 11 is 5.44. The number of benzene rings is 1. The van der Waals surface area contributed by atoms with Crippen LogP contribution in [0.25, 0.3) is 0 Å². The Morgan fingerprint density at radius 3 is 2.69 bits per heavy atom. The Morgan fingerprint density at radius 1 is 1.31 bits per heavy atom. The quantitative estimate of drug-likeness (QED) is 0.646. The van der Waals surface area contributed by atoms with E-state index < -0.39 is 17.5 Å². The second-order valence-corrected chi connectivity index (χ2v) is 2.97. The molecule has 3 nitrogen and oxygen atoms in total. The minimum absolute atomic E-state index is 0.163. The molecule has 1 N–H and O–H groups in total. The van der Waals surface area contributed by atoms with Crippen LogP contribution >= 0.6 is 11.6 Å². The van der Waals surface area contributed by atoms with Gasteiger partial charge in [0.1, 0.15) is 0 Å². The van der Waals surface area contributed by atoms with Crippen LogP contribution in [0.4, 0.5) is 10.1 Å². The van der Waals surface area contributed by atoms with E-state index in [0.717, 1.165) is 0 Å². The Labute approximate surface area is 77.5 Å². The molecule has 66 valence electrons. The number of halogens is 2. The van der Waals surface area contributed by atoms with E-state index in [0.29, 0.717) is 0 Å². The lowest BCUT2D eigenvalue weighted by atomic mass is 10.1. The van der Waals surface area contributed by atoms with Crippen molar-refractivity contribution < 1.29 is 14.0 Å². The number of anilines is 1. The number of carbonyl (C=O) groups excluding carboxylic acids is 2. The first kappa shape index (κ1) is 8.19. The van der Waals surface area contributed by atoms with E-state index in [-0.39, 0.29) is 16.3 Å². The zero-order chi connectivity index (χ0) is 9.59. The summed E-state index contributed by atoms with van der Waals surface area (Å²) in [6, 6.07) is 2.68. The maximum atomic E-state index is 13.2. The Hall–Kier alpha value is -1.42. The Morgan fingerprint density at radius 2 is 2.00 bits per heavy atom. The lowest BCUT2D eigenvalue weighted by Crippen LogP contribution is -2.13. The first-order chi connectivity index (χ1) is 6.11. The Bertz CT molecular complexity index is 430. The summed E-state index contributed by atoms with van der Waals surface area (Å²) < 4.78 is 13.2. The Balaban J connectivity index is 2.73. The third-order valence-corrected chi connectivity index (χ3v) is 2.07. The number of hydrogen-bond acceptors (Lipinski definition) is 2. The van der Waals surface area contributed by atoms with Gasteiger partial charge in [-0.05, 0) is 12.1 Å². The average molecular weight is 200 g/mol. The van der Waals surface area contributed by atoms with Crippen molar-refractivity contribution in [1.82, 2.24) is 0 Å². The van der Waals surface area contributed by atoms with Gasteiger partial charge in [0.15, 0.2) is 5.82 Å². The lowest BCUT2D eigenvalue weighted by molar-refractivity contribution is -0.112. The molecule has 0 fully saturated rings. The second kappa shape index (κ2) is 2.53. The van der Waals surface area contributed by atoms with Crippen molar-refractivity contribution >= 4 is 29.0 Å². The van der Waals surface area contributed by atoms with Crippen LogP contribution in [0.5, 0.6) is 0 Å². The van der Waals surface area contributed by atoms with Gasteiger partial charge in [0.2, 0.25) is 0 Å². The van der Waals surface area contributed by atoms with Gasteiger partial charge >= 0.3 is 0 Å². The minimum atomic E-state index is -0.880. The summed E-state index contributed by atoms with van der Waals surface area (Å²) in [7, 11) is 0. The van der Waals surface area contributed by atoms with Gasteiger partial charge < -0.3 is 5.32 Å². The number of rotatable bonds is 0. The highest BCUT2D eigenvalue weighted by atomic mass is 35.5. The van der Waals surface area contributed by atoms with Gasteiger partial charge in [-0.15, -0.1) is 0 Å². The molecule has 0 saturated carbocycles. The topological polar surface area (TPSA) is 46.2 Å². The molecule has 1 aromatic rings. The first-order valence-electron chi connectivity index (χ1n) is 3.45. The van der Waals surface area contributed by atoms with E-state index in [1.807, 2.05) is 0 Å². The third-order valence-electron chi connectivity index (χ3n) is 1.78. The van der Waals surface area contributed by atoms with Crippen LogP contribution in [0.2, 0.25) is 5.02 Å². The normalized spacial score (nSPS) is 14.3. The van der Waals surface area contributed by atoms with Crippen molar-refractivity contribution in [3.63, 3.8) is 0 Å². The molecule has 0 saturated heterocycles. The number of amides is 1. The molecule has 1 aromatic carbocycles. The van der Waals surface area contributed by atoms with Gasteiger partial charge in [-0.2, -0.15) is 0 Å².